The summed E-state index contributed by atoms with van der Waals surface area (Å²) in [5, 5.41) is 23.6. The molecule has 0 spiro atoms. The second-order valence-electron chi connectivity index (χ2n) is 4.60. The molecule has 0 aliphatic carbocycles. The third kappa shape index (κ3) is 3.57. The third-order valence-corrected chi connectivity index (χ3v) is 3.10. The van der Waals surface area contributed by atoms with Gasteiger partial charge in [-0.1, -0.05) is 0 Å². The number of anilines is 1. The molecule has 4 N–H and O–H groups in total. The van der Waals surface area contributed by atoms with E-state index in [-0.39, 0.29) is 18.8 Å². The molecular weight excluding hydrogens is 280 g/mol. The van der Waals surface area contributed by atoms with Gasteiger partial charge in [-0.25, -0.2) is 9.59 Å². The molecule has 9 heteroatoms. The Morgan fingerprint density at radius 2 is 2.38 bits per heavy atom. The SMILES string of the molecule is CCNC(=O)Nc1ccn([C@H]2C[C@H](O)[C@@H](CO)O2)c(=O)n1. The number of rotatable bonds is 4. The van der Waals surface area contributed by atoms with Crippen LogP contribution in [-0.4, -0.2) is 51.2 Å². The van der Waals surface area contributed by atoms with E-state index in [9.17, 15) is 14.7 Å². The molecule has 3 atom stereocenters. The van der Waals surface area contributed by atoms with E-state index >= 15 is 0 Å². The van der Waals surface area contributed by atoms with Crippen LogP contribution in [0.15, 0.2) is 17.1 Å². The smallest absolute Gasteiger partial charge is 0.351 e. The minimum Gasteiger partial charge on any atom is -0.394 e. The van der Waals surface area contributed by atoms with Gasteiger partial charge in [0.15, 0.2) is 0 Å². The first kappa shape index (κ1) is 15.4. The van der Waals surface area contributed by atoms with Gasteiger partial charge in [-0.2, -0.15) is 4.98 Å². The fraction of sp³-hybridized carbons (Fsp3) is 0.583. The highest BCUT2D eigenvalue weighted by Gasteiger charge is 2.34. The Labute approximate surface area is 120 Å². The Bertz CT molecular complexity index is 561. The van der Waals surface area contributed by atoms with E-state index in [1.807, 2.05) is 0 Å². The largest absolute Gasteiger partial charge is 0.394 e. The first-order valence-electron chi connectivity index (χ1n) is 6.63. The number of carbonyl (C=O) groups excluding carboxylic acids is 1. The van der Waals surface area contributed by atoms with Gasteiger partial charge in [0, 0.05) is 19.2 Å². The van der Waals surface area contributed by atoms with Crippen LogP contribution in [0.25, 0.3) is 0 Å². The molecule has 2 amide bonds. The van der Waals surface area contributed by atoms with E-state index in [1.165, 1.54) is 16.8 Å². The molecule has 1 saturated heterocycles. The predicted molar refractivity (Wildman–Crippen MR) is 72.8 cm³/mol. The number of hydrogen-bond acceptors (Lipinski definition) is 6. The summed E-state index contributed by atoms with van der Waals surface area (Å²) >= 11 is 0. The van der Waals surface area contributed by atoms with Gasteiger partial charge in [0.2, 0.25) is 0 Å². The van der Waals surface area contributed by atoms with Gasteiger partial charge < -0.3 is 20.3 Å². The van der Waals surface area contributed by atoms with Crippen LogP contribution in [0.3, 0.4) is 0 Å². The summed E-state index contributed by atoms with van der Waals surface area (Å²) in [5.74, 6) is 0.124. The van der Waals surface area contributed by atoms with Crippen molar-refractivity contribution in [3.05, 3.63) is 22.7 Å². The topological polar surface area (TPSA) is 126 Å². The second-order valence-corrected chi connectivity index (χ2v) is 4.60. The lowest BCUT2D eigenvalue weighted by Crippen LogP contribution is -2.32. The maximum absolute atomic E-state index is 11.9. The number of nitrogens with zero attached hydrogens (tertiary/aromatic N) is 2. The number of aromatic nitrogens is 2. The van der Waals surface area contributed by atoms with Gasteiger partial charge in [0.1, 0.15) is 18.1 Å². The number of aliphatic hydroxyl groups is 2. The summed E-state index contributed by atoms with van der Waals surface area (Å²) in [6.45, 7) is 1.90. The molecule has 1 aromatic rings. The molecule has 0 radical (unpaired) electrons. The lowest BCUT2D eigenvalue weighted by atomic mass is 10.2. The van der Waals surface area contributed by atoms with Crippen LogP contribution in [0.2, 0.25) is 0 Å². The predicted octanol–water partition coefficient (Wildman–Crippen LogP) is -0.975. The van der Waals surface area contributed by atoms with Crippen molar-refractivity contribution in [1.29, 1.82) is 0 Å². The molecule has 1 aromatic heterocycles. The van der Waals surface area contributed by atoms with Gasteiger partial charge in [0.25, 0.3) is 0 Å². The van der Waals surface area contributed by atoms with Gasteiger partial charge in [0.05, 0.1) is 12.7 Å². The number of carbonyl (C=O) groups is 1. The van der Waals surface area contributed by atoms with Crippen molar-refractivity contribution < 1.29 is 19.7 Å². The van der Waals surface area contributed by atoms with Gasteiger partial charge >= 0.3 is 11.7 Å². The van der Waals surface area contributed by atoms with Crippen molar-refractivity contribution in [3.63, 3.8) is 0 Å². The van der Waals surface area contributed by atoms with Gasteiger partial charge in [-0.3, -0.25) is 9.88 Å². The second kappa shape index (κ2) is 6.66. The van der Waals surface area contributed by atoms with Crippen LogP contribution in [0.5, 0.6) is 0 Å². The van der Waals surface area contributed by atoms with Crippen molar-refractivity contribution in [2.24, 2.45) is 0 Å². The fourth-order valence-electron chi connectivity index (χ4n) is 2.07. The summed E-state index contributed by atoms with van der Waals surface area (Å²) in [5.41, 5.74) is -0.611. The number of amides is 2. The lowest BCUT2D eigenvalue weighted by Gasteiger charge is -2.14. The summed E-state index contributed by atoms with van der Waals surface area (Å²) in [7, 11) is 0. The third-order valence-electron chi connectivity index (χ3n) is 3.10. The maximum atomic E-state index is 11.9. The molecule has 2 rings (SSSR count). The Hall–Kier alpha value is -1.97. The molecule has 21 heavy (non-hydrogen) atoms. The number of hydrogen-bond donors (Lipinski definition) is 4. The van der Waals surface area contributed by atoms with Crippen LogP contribution in [0, 0.1) is 0 Å². The summed E-state index contributed by atoms with van der Waals surface area (Å²) in [4.78, 5) is 27.0. The number of ether oxygens (including phenoxy) is 1. The average molecular weight is 298 g/mol. The quantitative estimate of drug-likeness (QED) is 0.566. The monoisotopic (exact) mass is 298 g/mol. The van der Waals surface area contributed by atoms with Crippen molar-refractivity contribution in [2.45, 2.75) is 31.8 Å². The Morgan fingerprint density at radius 3 is 2.95 bits per heavy atom. The minimum atomic E-state index is -0.833. The molecule has 0 aromatic carbocycles. The highest BCUT2D eigenvalue weighted by atomic mass is 16.5. The fourth-order valence-corrected chi connectivity index (χ4v) is 2.07. The van der Waals surface area contributed by atoms with Crippen molar-refractivity contribution in [2.75, 3.05) is 18.5 Å². The highest BCUT2D eigenvalue weighted by molar-refractivity contribution is 5.87. The van der Waals surface area contributed by atoms with Crippen molar-refractivity contribution in [1.82, 2.24) is 14.9 Å². The molecule has 0 saturated carbocycles. The van der Waals surface area contributed by atoms with E-state index in [0.717, 1.165) is 0 Å². The zero-order valence-corrected chi connectivity index (χ0v) is 11.5. The van der Waals surface area contributed by atoms with Crippen LogP contribution in [0.1, 0.15) is 19.6 Å². The first-order valence-corrected chi connectivity index (χ1v) is 6.63. The number of urea groups is 1. The van der Waals surface area contributed by atoms with E-state index in [1.54, 1.807) is 6.92 Å². The lowest BCUT2D eigenvalue weighted by molar-refractivity contribution is -0.0458. The number of aliphatic hydroxyl groups excluding tert-OH is 2. The maximum Gasteiger partial charge on any atom is 0.351 e. The minimum absolute atomic E-state index is 0.124. The van der Waals surface area contributed by atoms with Gasteiger partial charge in [-0.15, -0.1) is 0 Å². The average Bonchev–Trinajstić information content (AvgIpc) is 2.80. The molecule has 9 nitrogen and oxygen atoms in total. The van der Waals surface area contributed by atoms with Crippen LogP contribution >= 0.6 is 0 Å². The van der Waals surface area contributed by atoms with E-state index in [0.29, 0.717) is 6.54 Å². The van der Waals surface area contributed by atoms with E-state index < -0.39 is 30.2 Å². The zero-order valence-electron chi connectivity index (χ0n) is 11.5. The van der Waals surface area contributed by atoms with Crippen LogP contribution in [-0.2, 0) is 4.74 Å². The summed E-state index contributed by atoms with van der Waals surface area (Å²) in [6.07, 6.45) is -0.616. The summed E-state index contributed by atoms with van der Waals surface area (Å²) < 4.78 is 6.58. The molecule has 0 bridgehead atoms. The van der Waals surface area contributed by atoms with Crippen molar-refractivity contribution >= 4 is 11.8 Å². The molecule has 0 unspecified atom stereocenters. The van der Waals surface area contributed by atoms with Crippen LogP contribution in [0.4, 0.5) is 10.6 Å². The molecule has 1 aliphatic rings. The van der Waals surface area contributed by atoms with E-state index in [4.69, 9.17) is 9.84 Å². The first-order chi connectivity index (χ1) is 10.0. The molecule has 116 valence electrons. The van der Waals surface area contributed by atoms with Crippen molar-refractivity contribution in [3.8, 4) is 0 Å². The molecular formula is C12H18N4O5. The number of nitrogens with one attached hydrogen (secondary N) is 2. The Morgan fingerprint density at radius 1 is 1.62 bits per heavy atom. The van der Waals surface area contributed by atoms with Crippen LogP contribution < -0.4 is 16.3 Å². The van der Waals surface area contributed by atoms with E-state index in [2.05, 4.69) is 15.6 Å². The Balaban J connectivity index is 2.10. The van der Waals surface area contributed by atoms with Gasteiger partial charge in [-0.05, 0) is 13.0 Å². The standard InChI is InChI=1S/C12H18N4O5/c1-2-13-11(19)14-9-3-4-16(12(20)15-9)10-5-7(18)8(6-17)21-10/h3-4,7-8,10,17-18H,2,5-6H2,1H3,(H2,13,14,15,19,20)/t7-,8+,10+/m0/s1. The normalized spacial score (nSPS) is 24.8. The highest BCUT2D eigenvalue weighted by Crippen LogP contribution is 2.27. The molecule has 1 fully saturated rings. The molecule has 2 heterocycles. The Kier molecular flexibility index (Phi) is 4.89. The zero-order chi connectivity index (χ0) is 15.4. The molecule has 1 aliphatic heterocycles. The summed E-state index contributed by atoms with van der Waals surface area (Å²) in [6, 6.07) is 1.01.